The van der Waals surface area contributed by atoms with Crippen LogP contribution in [0.2, 0.25) is 5.02 Å². The summed E-state index contributed by atoms with van der Waals surface area (Å²) in [6, 6.07) is 11.2. The molecule has 1 aromatic heterocycles. The molecule has 3 rings (SSSR count). The van der Waals surface area contributed by atoms with Gasteiger partial charge in [0, 0.05) is 16.6 Å². The number of H-pyrrole nitrogens is 1. The van der Waals surface area contributed by atoms with E-state index in [9.17, 15) is 19.1 Å². The van der Waals surface area contributed by atoms with Crippen molar-refractivity contribution in [2.75, 3.05) is 6.61 Å². The van der Waals surface area contributed by atoms with Crippen molar-refractivity contribution in [2.45, 2.75) is 38.6 Å². The number of rotatable bonds is 11. The molecule has 0 aliphatic carbocycles. The summed E-state index contributed by atoms with van der Waals surface area (Å²) in [6.45, 7) is 1.62. The average Bonchev–Trinajstić information content (AvgIpc) is 3.36. The smallest absolute Gasteiger partial charge is 0.273 e. The van der Waals surface area contributed by atoms with Gasteiger partial charge in [0.2, 0.25) is 0 Å². The van der Waals surface area contributed by atoms with Crippen LogP contribution in [0.3, 0.4) is 0 Å². The third-order valence-corrected chi connectivity index (χ3v) is 5.86. The number of halogens is 2. The molecule has 174 valence electrons. The van der Waals surface area contributed by atoms with Crippen LogP contribution in [0, 0.1) is 11.2 Å². The monoisotopic (exact) mass is 472 g/mol. The lowest BCUT2D eigenvalue weighted by Crippen LogP contribution is -2.43. The van der Waals surface area contributed by atoms with Gasteiger partial charge in [0.15, 0.2) is 5.69 Å². The molecule has 33 heavy (non-hydrogen) atoms. The molecule has 7 nitrogen and oxygen atoms in total. The largest absolute Gasteiger partial charge is 0.395 e. The molecule has 1 heterocycles. The van der Waals surface area contributed by atoms with E-state index in [1.807, 2.05) is 19.1 Å². The van der Waals surface area contributed by atoms with Crippen LogP contribution in [0.5, 0.6) is 0 Å². The highest BCUT2D eigenvalue weighted by molar-refractivity contribution is 6.30. The number of aromatic amines is 1. The van der Waals surface area contributed by atoms with E-state index in [-0.39, 0.29) is 24.5 Å². The maximum absolute atomic E-state index is 14.2. The number of carbonyl (C=O) groups is 2. The molecule has 2 atom stereocenters. The number of nitrogens with one attached hydrogen (secondary N) is 2. The van der Waals surface area contributed by atoms with Gasteiger partial charge in [-0.1, -0.05) is 49.2 Å². The first-order valence-corrected chi connectivity index (χ1v) is 11.1. The summed E-state index contributed by atoms with van der Waals surface area (Å²) < 4.78 is 14.2. The SMILES string of the molecule is CCCC(C=O)(CO)C[C@@H](Cc1ccc(-c2cc(Cl)ccc2F)cc1)NC(=O)c1cn[nH]n1. The summed E-state index contributed by atoms with van der Waals surface area (Å²) in [4.78, 5) is 24.5. The first-order valence-electron chi connectivity index (χ1n) is 10.7. The number of aliphatic hydroxyl groups is 1. The Balaban J connectivity index is 1.83. The highest BCUT2D eigenvalue weighted by Crippen LogP contribution is 2.30. The van der Waals surface area contributed by atoms with E-state index < -0.39 is 17.4 Å². The maximum Gasteiger partial charge on any atom is 0.273 e. The van der Waals surface area contributed by atoms with Crippen molar-refractivity contribution < 1.29 is 19.1 Å². The van der Waals surface area contributed by atoms with E-state index in [0.717, 1.165) is 11.8 Å². The van der Waals surface area contributed by atoms with Gasteiger partial charge < -0.3 is 15.2 Å². The predicted molar refractivity (Wildman–Crippen MR) is 123 cm³/mol. The van der Waals surface area contributed by atoms with Crippen molar-refractivity contribution in [1.29, 1.82) is 0 Å². The van der Waals surface area contributed by atoms with Gasteiger partial charge in [0.25, 0.3) is 5.91 Å². The Morgan fingerprint density at radius 1 is 1.30 bits per heavy atom. The van der Waals surface area contributed by atoms with Crippen molar-refractivity contribution in [3.8, 4) is 11.1 Å². The molecule has 2 aromatic carbocycles. The van der Waals surface area contributed by atoms with E-state index in [0.29, 0.717) is 35.4 Å². The minimum Gasteiger partial charge on any atom is -0.395 e. The molecule has 0 radical (unpaired) electrons. The lowest BCUT2D eigenvalue weighted by molar-refractivity contribution is -0.119. The summed E-state index contributed by atoms with van der Waals surface area (Å²) in [5.41, 5.74) is 1.11. The molecule has 3 aromatic rings. The first-order chi connectivity index (χ1) is 15.9. The Morgan fingerprint density at radius 2 is 2.06 bits per heavy atom. The number of benzene rings is 2. The second kappa shape index (κ2) is 11.2. The number of amides is 1. The van der Waals surface area contributed by atoms with Gasteiger partial charge >= 0.3 is 0 Å². The van der Waals surface area contributed by atoms with Crippen LogP contribution < -0.4 is 5.32 Å². The molecule has 0 aliphatic heterocycles. The Morgan fingerprint density at radius 3 is 2.67 bits per heavy atom. The summed E-state index contributed by atoms with van der Waals surface area (Å²) in [5, 5.41) is 23.1. The quantitative estimate of drug-likeness (QED) is 0.366. The van der Waals surface area contributed by atoms with E-state index in [2.05, 4.69) is 20.7 Å². The predicted octanol–water partition coefficient (Wildman–Crippen LogP) is 3.97. The summed E-state index contributed by atoms with van der Waals surface area (Å²) in [7, 11) is 0. The molecule has 1 unspecified atom stereocenters. The second-order valence-corrected chi connectivity index (χ2v) is 8.58. The molecule has 0 bridgehead atoms. The molecule has 0 fully saturated rings. The van der Waals surface area contributed by atoms with Gasteiger partial charge in [-0.3, -0.25) is 4.79 Å². The van der Waals surface area contributed by atoms with Gasteiger partial charge in [-0.05, 0) is 48.6 Å². The van der Waals surface area contributed by atoms with Gasteiger partial charge in [-0.2, -0.15) is 15.4 Å². The van der Waals surface area contributed by atoms with E-state index >= 15 is 0 Å². The number of aldehydes is 1. The van der Waals surface area contributed by atoms with Crippen LogP contribution in [0.25, 0.3) is 11.1 Å². The van der Waals surface area contributed by atoms with Crippen LogP contribution in [0.1, 0.15) is 42.2 Å². The fourth-order valence-electron chi connectivity index (χ4n) is 3.95. The second-order valence-electron chi connectivity index (χ2n) is 8.14. The van der Waals surface area contributed by atoms with Crippen LogP contribution in [-0.2, 0) is 11.2 Å². The van der Waals surface area contributed by atoms with Gasteiger partial charge in [0.1, 0.15) is 12.1 Å². The van der Waals surface area contributed by atoms with E-state index in [1.54, 1.807) is 18.2 Å². The first kappa shape index (κ1) is 24.5. The lowest BCUT2D eigenvalue weighted by atomic mass is 9.78. The Bertz CT molecular complexity index is 1080. The maximum atomic E-state index is 14.2. The molecule has 1 amide bonds. The third-order valence-electron chi connectivity index (χ3n) is 5.62. The van der Waals surface area contributed by atoms with Gasteiger partial charge in [-0.15, -0.1) is 0 Å². The summed E-state index contributed by atoms with van der Waals surface area (Å²) in [5.74, 6) is -0.802. The zero-order chi connectivity index (χ0) is 23.8. The van der Waals surface area contributed by atoms with Crippen molar-refractivity contribution >= 4 is 23.8 Å². The summed E-state index contributed by atoms with van der Waals surface area (Å²) >= 11 is 6.00. The average molecular weight is 473 g/mol. The van der Waals surface area contributed by atoms with Crippen LogP contribution in [0.15, 0.2) is 48.7 Å². The zero-order valence-corrected chi connectivity index (χ0v) is 19.0. The fourth-order valence-corrected chi connectivity index (χ4v) is 4.12. The molecule has 9 heteroatoms. The topological polar surface area (TPSA) is 108 Å². The molecule has 3 N–H and O–H groups in total. The number of hydrogen-bond acceptors (Lipinski definition) is 5. The minimum atomic E-state index is -0.958. The third kappa shape index (κ3) is 6.24. The van der Waals surface area contributed by atoms with Gasteiger partial charge in [-0.25, -0.2) is 4.39 Å². The number of aromatic nitrogens is 3. The fraction of sp³-hybridized carbons (Fsp3) is 0.333. The Labute approximate surface area is 196 Å². The molecular weight excluding hydrogens is 447 g/mol. The number of nitrogens with zero attached hydrogens (tertiary/aromatic N) is 2. The van der Waals surface area contributed by atoms with E-state index in [4.69, 9.17) is 11.6 Å². The standard InChI is InChI=1S/C24H26ClFN4O3/c1-2-9-24(14-31,15-32)12-19(28-23(33)22-13-27-30-29-22)10-16-3-5-17(6-4-16)20-11-18(25)7-8-21(20)26/h3-8,11,13-14,19,32H,2,9-10,12,15H2,1H3,(H,28,33)(H,27,29,30)/t19-,24?/m1/s1. The van der Waals surface area contributed by atoms with Crippen LogP contribution in [0.4, 0.5) is 4.39 Å². The Kier molecular flexibility index (Phi) is 8.30. The van der Waals surface area contributed by atoms with Gasteiger partial charge in [0.05, 0.1) is 18.2 Å². The highest BCUT2D eigenvalue weighted by Gasteiger charge is 2.32. The normalized spacial score (nSPS) is 13.8. The van der Waals surface area contributed by atoms with Crippen molar-refractivity contribution in [3.05, 3.63) is 70.8 Å². The minimum absolute atomic E-state index is 0.128. The number of hydrogen-bond donors (Lipinski definition) is 3. The van der Waals surface area contributed by atoms with Crippen molar-refractivity contribution in [2.24, 2.45) is 5.41 Å². The lowest BCUT2D eigenvalue weighted by Gasteiger charge is -2.30. The van der Waals surface area contributed by atoms with Crippen molar-refractivity contribution in [3.63, 3.8) is 0 Å². The molecule has 0 saturated carbocycles. The molecule has 0 aliphatic rings. The molecule has 0 spiro atoms. The van der Waals surface area contributed by atoms with Crippen LogP contribution >= 0.6 is 11.6 Å². The Hall–Kier alpha value is -3.10. The number of carbonyl (C=O) groups excluding carboxylic acids is 2. The molecular formula is C24H26ClFN4O3. The summed E-state index contributed by atoms with van der Waals surface area (Å²) in [6.07, 6.45) is 3.96. The zero-order valence-electron chi connectivity index (χ0n) is 18.2. The van der Waals surface area contributed by atoms with Crippen LogP contribution in [-0.4, -0.2) is 45.4 Å². The number of aliphatic hydroxyl groups excluding tert-OH is 1. The highest BCUT2D eigenvalue weighted by atomic mass is 35.5. The van der Waals surface area contributed by atoms with E-state index in [1.165, 1.54) is 18.3 Å². The van der Waals surface area contributed by atoms with Crippen molar-refractivity contribution in [1.82, 2.24) is 20.7 Å². The molecule has 0 saturated heterocycles.